The number of ether oxygens (including phenoxy) is 2. The lowest BCUT2D eigenvalue weighted by molar-refractivity contribution is -0.384. The molecule has 0 aliphatic heterocycles. The second-order valence-electron chi connectivity index (χ2n) is 4.86. The van der Waals surface area contributed by atoms with E-state index >= 15 is 0 Å². The minimum Gasteiger partial charge on any atom is -0.468 e. The van der Waals surface area contributed by atoms with Gasteiger partial charge in [0.1, 0.15) is 5.75 Å². The van der Waals surface area contributed by atoms with Gasteiger partial charge in [-0.25, -0.2) is 0 Å². The number of rotatable bonds is 7. The largest absolute Gasteiger partial charge is 0.468 e. The maximum absolute atomic E-state index is 11.9. The highest BCUT2D eigenvalue weighted by Crippen LogP contribution is 2.26. The van der Waals surface area contributed by atoms with Crippen molar-refractivity contribution in [3.8, 4) is 5.75 Å². The van der Waals surface area contributed by atoms with Crippen molar-refractivity contribution in [1.82, 2.24) is 0 Å². The normalized spacial score (nSPS) is 10.6. The van der Waals surface area contributed by atoms with Gasteiger partial charge in [-0.15, -0.1) is 0 Å². The molecule has 0 radical (unpaired) electrons. The summed E-state index contributed by atoms with van der Waals surface area (Å²) in [5.41, 5.74) is 0.953. The number of amides is 1. The zero-order chi connectivity index (χ0) is 18.2. The van der Waals surface area contributed by atoms with Gasteiger partial charge in [0.05, 0.1) is 15.6 Å². The molecule has 8 heteroatoms. The Morgan fingerprint density at radius 1 is 1.28 bits per heavy atom. The van der Waals surface area contributed by atoms with Crippen LogP contribution in [0.1, 0.15) is 5.56 Å². The van der Waals surface area contributed by atoms with Crippen LogP contribution in [0.25, 0.3) is 6.08 Å². The van der Waals surface area contributed by atoms with E-state index in [1.165, 1.54) is 31.4 Å². The number of methoxy groups -OCH3 is 1. The molecule has 130 valence electrons. The lowest BCUT2D eigenvalue weighted by Crippen LogP contribution is -2.08. The van der Waals surface area contributed by atoms with E-state index in [2.05, 4.69) is 5.32 Å². The number of hydrogen-bond acceptors (Lipinski definition) is 5. The molecule has 0 fully saturated rings. The molecule has 0 aliphatic carbocycles. The van der Waals surface area contributed by atoms with E-state index in [4.69, 9.17) is 21.1 Å². The summed E-state index contributed by atoms with van der Waals surface area (Å²) in [5, 5.41) is 13.3. The molecule has 0 saturated heterocycles. The summed E-state index contributed by atoms with van der Waals surface area (Å²) >= 11 is 5.93. The predicted octanol–water partition coefficient (Wildman–Crippen LogP) is 3.88. The van der Waals surface area contributed by atoms with Crippen LogP contribution < -0.4 is 10.1 Å². The van der Waals surface area contributed by atoms with E-state index < -0.39 is 10.8 Å². The molecule has 2 rings (SSSR count). The molecular formula is C17H15ClN2O5. The maximum Gasteiger partial charge on any atom is 0.271 e. The van der Waals surface area contributed by atoms with Gasteiger partial charge >= 0.3 is 0 Å². The van der Waals surface area contributed by atoms with Crippen LogP contribution in [0.5, 0.6) is 5.75 Å². The highest BCUT2D eigenvalue weighted by molar-refractivity contribution is 6.34. The molecule has 7 nitrogen and oxygen atoms in total. The number of nitro groups is 1. The Morgan fingerprint density at radius 3 is 2.60 bits per heavy atom. The first-order valence-corrected chi connectivity index (χ1v) is 7.52. The Bertz CT molecular complexity index is 790. The van der Waals surface area contributed by atoms with E-state index in [0.29, 0.717) is 11.4 Å². The molecule has 2 aromatic rings. The van der Waals surface area contributed by atoms with E-state index in [0.717, 1.165) is 5.56 Å². The predicted molar refractivity (Wildman–Crippen MR) is 94.7 cm³/mol. The van der Waals surface area contributed by atoms with Crippen molar-refractivity contribution < 1.29 is 19.2 Å². The average Bonchev–Trinajstić information content (AvgIpc) is 2.60. The number of carbonyl (C=O) groups excluding carboxylic acids is 1. The third kappa shape index (κ3) is 5.59. The summed E-state index contributed by atoms with van der Waals surface area (Å²) < 4.78 is 10.1. The quantitative estimate of drug-likeness (QED) is 0.349. The van der Waals surface area contributed by atoms with E-state index in [1.807, 2.05) is 0 Å². The SMILES string of the molecule is COCOc1ccc(/C=C/C(=O)Nc2ccc([N+](=O)[O-])cc2Cl)cc1. The summed E-state index contributed by atoms with van der Waals surface area (Å²) in [6, 6.07) is 10.9. The molecule has 0 saturated carbocycles. The molecule has 0 spiro atoms. The first kappa shape index (κ1) is 18.4. The number of benzene rings is 2. The van der Waals surface area contributed by atoms with Crippen molar-refractivity contribution in [1.29, 1.82) is 0 Å². The Kier molecular flexibility index (Phi) is 6.50. The number of anilines is 1. The molecule has 0 aromatic heterocycles. The van der Waals surface area contributed by atoms with Gasteiger partial charge in [-0.2, -0.15) is 0 Å². The number of hydrogen-bond donors (Lipinski definition) is 1. The van der Waals surface area contributed by atoms with Crippen molar-refractivity contribution in [3.63, 3.8) is 0 Å². The smallest absolute Gasteiger partial charge is 0.271 e. The van der Waals surface area contributed by atoms with E-state index in [1.54, 1.807) is 30.3 Å². The second kappa shape index (κ2) is 8.81. The summed E-state index contributed by atoms with van der Waals surface area (Å²) in [7, 11) is 1.53. The standard InChI is InChI=1S/C17H15ClN2O5/c1-24-11-25-14-6-2-12(3-7-14)4-9-17(21)19-16-8-5-13(20(22)23)10-15(16)18/h2-10H,11H2,1H3,(H,19,21)/b9-4+. The zero-order valence-electron chi connectivity index (χ0n) is 13.3. The van der Waals surface area contributed by atoms with Crippen LogP contribution >= 0.6 is 11.6 Å². The van der Waals surface area contributed by atoms with Crippen LogP contribution in [0.15, 0.2) is 48.5 Å². The van der Waals surface area contributed by atoms with Gasteiger partial charge in [0.2, 0.25) is 5.91 Å². The van der Waals surface area contributed by atoms with E-state index in [-0.39, 0.29) is 17.5 Å². The molecule has 2 aromatic carbocycles. The highest BCUT2D eigenvalue weighted by Gasteiger charge is 2.10. The number of nitro benzene ring substituents is 1. The molecule has 1 N–H and O–H groups in total. The number of nitrogens with zero attached hydrogens (tertiary/aromatic N) is 1. The van der Waals surface area contributed by atoms with Gasteiger partial charge in [-0.3, -0.25) is 14.9 Å². The van der Waals surface area contributed by atoms with Crippen LogP contribution in [0, 0.1) is 10.1 Å². The Hall–Kier alpha value is -2.90. The van der Waals surface area contributed by atoms with Crippen LogP contribution in [0.4, 0.5) is 11.4 Å². The Labute approximate surface area is 149 Å². The maximum atomic E-state index is 11.9. The van der Waals surface area contributed by atoms with Crippen LogP contribution in [0.3, 0.4) is 0 Å². The first-order chi connectivity index (χ1) is 12.0. The molecule has 0 atom stereocenters. The van der Waals surface area contributed by atoms with Gasteiger partial charge in [-0.1, -0.05) is 23.7 Å². The first-order valence-electron chi connectivity index (χ1n) is 7.14. The summed E-state index contributed by atoms with van der Waals surface area (Å²) in [6.45, 7) is 0.160. The van der Waals surface area contributed by atoms with Crippen molar-refractivity contribution in [2.75, 3.05) is 19.2 Å². The average molecular weight is 363 g/mol. The molecule has 0 bridgehead atoms. The van der Waals surface area contributed by atoms with Crippen molar-refractivity contribution >= 4 is 35.0 Å². The summed E-state index contributed by atoms with van der Waals surface area (Å²) in [4.78, 5) is 22.0. The van der Waals surface area contributed by atoms with Crippen LogP contribution in [-0.2, 0) is 9.53 Å². The lowest BCUT2D eigenvalue weighted by Gasteiger charge is -2.05. The minimum absolute atomic E-state index is 0.0931. The molecule has 0 aliphatic rings. The number of nitrogens with one attached hydrogen (secondary N) is 1. The summed E-state index contributed by atoms with van der Waals surface area (Å²) in [6.07, 6.45) is 2.96. The molecule has 1 amide bonds. The number of halogens is 1. The summed E-state index contributed by atoms with van der Waals surface area (Å²) in [5.74, 6) is 0.247. The monoisotopic (exact) mass is 362 g/mol. The third-order valence-electron chi connectivity index (χ3n) is 3.07. The highest BCUT2D eigenvalue weighted by atomic mass is 35.5. The Morgan fingerprint density at radius 2 is 2.00 bits per heavy atom. The van der Waals surface area contributed by atoms with Gasteiger partial charge in [0.15, 0.2) is 6.79 Å². The number of carbonyl (C=O) groups is 1. The van der Waals surface area contributed by atoms with Gasteiger partial charge in [0.25, 0.3) is 5.69 Å². The third-order valence-corrected chi connectivity index (χ3v) is 3.38. The fraction of sp³-hybridized carbons (Fsp3) is 0.118. The van der Waals surface area contributed by atoms with Crippen molar-refractivity contribution in [2.45, 2.75) is 0 Å². The Balaban J connectivity index is 1.97. The van der Waals surface area contributed by atoms with Crippen molar-refractivity contribution in [3.05, 3.63) is 69.2 Å². The van der Waals surface area contributed by atoms with Gasteiger partial charge in [0, 0.05) is 25.3 Å². The van der Waals surface area contributed by atoms with Crippen LogP contribution in [0.2, 0.25) is 5.02 Å². The molecule has 0 unspecified atom stereocenters. The van der Waals surface area contributed by atoms with Gasteiger partial charge in [-0.05, 0) is 29.8 Å². The molecule has 25 heavy (non-hydrogen) atoms. The fourth-order valence-electron chi connectivity index (χ4n) is 1.87. The number of non-ortho nitro benzene ring substituents is 1. The molecule has 0 heterocycles. The van der Waals surface area contributed by atoms with E-state index in [9.17, 15) is 14.9 Å². The molecular weight excluding hydrogens is 348 g/mol. The topological polar surface area (TPSA) is 90.7 Å². The van der Waals surface area contributed by atoms with Gasteiger partial charge < -0.3 is 14.8 Å². The zero-order valence-corrected chi connectivity index (χ0v) is 14.0. The fourth-order valence-corrected chi connectivity index (χ4v) is 2.09. The van der Waals surface area contributed by atoms with Crippen LogP contribution in [-0.4, -0.2) is 24.7 Å². The lowest BCUT2D eigenvalue weighted by atomic mass is 10.2. The van der Waals surface area contributed by atoms with Crippen molar-refractivity contribution in [2.24, 2.45) is 0 Å². The minimum atomic E-state index is -0.558. The second-order valence-corrected chi connectivity index (χ2v) is 5.27.